The van der Waals surface area contributed by atoms with Gasteiger partial charge in [-0.05, 0) is 28.9 Å². The van der Waals surface area contributed by atoms with Crippen LogP contribution >= 0.6 is 27.3 Å². The van der Waals surface area contributed by atoms with E-state index in [-0.39, 0.29) is 5.69 Å². The number of nitrogens with zero attached hydrogens (tertiary/aromatic N) is 1. The predicted octanol–water partition coefficient (Wildman–Crippen LogP) is 3.17. The van der Waals surface area contributed by atoms with Gasteiger partial charge < -0.3 is 9.52 Å². The highest BCUT2D eigenvalue weighted by atomic mass is 79.9. The summed E-state index contributed by atoms with van der Waals surface area (Å²) in [6.07, 6.45) is 0. The first-order valence-electron chi connectivity index (χ1n) is 4.03. The molecule has 2 rings (SSSR count). The molecule has 1 N–H and O–H groups in total. The number of hydrogen-bond acceptors (Lipinski definition) is 4. The molecule has 2 aromatic rings. The summed E-state index contributed by atoms with van der Waals surface area (Å²) < 4.78 is 6.22. The van der Waals surface area contributed by atoms with E-state index in [9.17, 15) is 4.79 Å². The SMILES string of the molecule is Cc1oc(-c2csc(Br)c2)nc1C(=O)O. The zero-order valence-electron chi connectivity index (χ0n) is 7.65. The molecule has 0 saturated heterocycles. The van der Waals surface area contributed by atoms with Crippen LogP contribution in [0.5, 0.6) is 0 Å². The third-order valence-corrected chi connectivity index (χ3v) is 3.32. The zero-order chi connectivity index (χ0) is 11.0. The van der Waals surface area contributed by atoms with E-state index in [2.05, 4.69) is 20.9 Å². The standard InChI is InChI=1S/C9H6BrNO3S/c1-4-7(9(12)13)11-8(14-4)5-2-6(10)15-3-5/h2-3H,1H3,(H,12,13). The molecule has 0 fully saturated rings. The first kappa shape index (κ1) is 10.4. The highest BCUT2D eigenvalue weighted by Gasteiger charge is 2.17. The van der Waals surface area contributed by atoms with Crippen molar-refractivity contribution in [2.24, 2.45) is 0 Å². The van der Waals surface area contributed by atoms with Gasteiger partial charge in [-0.15, -0.1) is 11.3 Å². The van der Waals surface area contributed by atoms with E-state index in [1.165, 1.54) is 11.3 Å². The van der Waals surface area contributed by atoms with Crippen molar-refractivity contribution in [1.82, 2.24) is 4.98 Å². The fourth-order valence-electron chi connectivity index (χ4n) is 1.14. The van der Waals surface area contributed by atoms with E-state index in [0.717, 1.165) is 9.35 Å². The van der Waals surface area contributed by atoms with Crippen LogP contribution in [0.15, 0.2) is 19.6 Å². The van der Waals surface area contributed by atoms with Crippen LogP contribution < -0.4 is 0 Å². The van der Waals surface area contributed by atoms with E-state index < -0.39 is 5.97 Å². The van der Waals surface area contributed by atoms with Crippen LogP contribution in [0.1, 0.15) is 16.2 Å². The molecule has 0 amide bonds. The molecule has 78 valence electrons. The second-order valence-corrected chi connectivity index (χ2v) is 5.16. The molecule has 0 aliphatic rings. The van der Waals surface area contributed by atoms with Gasteiger partial charge in [-0.3, -0.25) is 0 Å². The number of halogens is 1. The van der Waals surface area contributed by atoms with Gasteiger partial charge in [0.1, 0.15) is 5.76 Å². The van der Waals surface area contributed by atoms with Crippen molar-refractivity contribution in [3.8, 4) is 11.5 Å². The summed E-state index contributed by atoms with van der Waals surface area (Å²) in [5.74, 6) is -0.413. The molecule has 0 saturated carbocycles. The van der Waals surface area contributed by atoms with Gasteiger partial charge in [0.25, 0.3) is 0 Å². The molecule has 0 radical (unpaired) electrons. The Morgan fingerprint density at radius 3 is 2.87 bits per heavy atom. The first-order chi connectivity index (χ1) is 7.08. The molecule has 0 aromatic carbocycles. The lowest BCUT2D eigenvalue weighted by molar-refractivity contribution is 0.0689. The molecule has 15 heavy (non-hydrogen) atoms. The monoisotopic (exact) mass is 287 g/mol. The lowest BCUT2D eigenvalue weighted by Crippen LogP contribution is -1.98. The largest absolute Gasteiger partial charge is 0.476 e. The third kappa shape index (κ3) is 1.95. The topological polar surface area (TPSA) is 63.3 Å². The molecule has 2 heterocycles. The number of aryl methyl sites for hydroxylation is 1. The Balaban J connectivity index is 2.46. The second-order valence-electron chi connectivity index (χ2n) is 2.87. The van der Waals surface area contributed by atoms with Crippen LogP contribution in [-0.2, 0) is 0 Å². The van der Waals surface area contributed by atoms with Crippen LogP contribution in [0.2, 0.25) is 0 Å². The quantitative estimate of drug-likeness (QED) is 0.921. The first-order valence-corrected chi connectivity index (χ1v) is 5.70. The lowest BCUT2D eigenvalue weighted by atomic mass is 10.3. The van der Waals surface area contributed by atoms with E-state index in [1.807, 2.05) is 11.4 Å². The van der Waals surface area contributed by atoms with Gasteiger partial charge in [-0.1, -0.05) is 0 Å². The summed E-state index contributed by atoms with van der Waals surface area (Å²) in [5.41, 5.74) is 0.745. The van der Waals surface area contributed by atoms with Gasteiger partial charge in [0.15, 0.2) is 5.69 Å². The Bertz CT molecular complexity index is 517. The Morgan fingerprint density at radius 1 is 1.67 bits per heavy atom. The van der Waals surface area contributed by atoms with Gasteiger partial charge >= 0.3 is 5.97 Å². The molecule has 0 aliphatic carbocycles. The van der Waals surface area contributed by atoms with Crippen molar-refractivity contribution in [3.05, 3.63) is 26.7 Å². The Labute approximate surface area is 97.7 Å². The van der Waals surface area contributed by atoms with Crippen molar-refractivity contribution in [3.63, 3.8) is 0 Å². The minimum atomic E-state index is -1.07. The van der Waals surface area contributed by atoms with Crippen LogP contribution in [0.4, 0.5) is 0 Å². The third-order valence-electron chi connectivity index (χ3n) is 1.81. The van der Waals surface area contributed by atoms with Crippen LogP contribution in [0.25, 0.3) is 11.5 Å². The lowest BCUT2D eigenvalue weighted by Gasteiger charge is -1.85. The van der Waals surface area contributed by atoms with E-state index in [1.54, 1.807) is 6.92 Å². The number of rotatable bonds is 2. The smallest absolute Gasteiger partial charge is 0.358 e. The number of aromatic carboxylic acids is 1. The maximum Gasteiger partial charge on any atom is 0.358 e. The summed E-state index contributed by atoms with van der Waals surface area (Å²) in [6, 6.07) is 1.83. The summed E-state index contributed by atoms with van der Waals surface area (Å²) in [5, 5.41) is 10.7. The van der Waals surface area contributed by atoms with Crippen molar-refractivity contribution in [2.45, 2.75) is 6.92 Å². The molecular formula is C9H6BrNO3S. The molecule has 0 aliphatic heterocycles. The number of hydrogen-bond donors (Lipinski definition) is 1. The fraction of sp³-hybridized carbons (Fsp3) is 0.111. The molecule has 0 atom stereocenters. The normalized spacial score (nSPS) is 10.5. The molecule has 0 spiro atoms. The Morgan fingerprint density at radius 2 is 2.40 bits per heavy atom. The fourth-order valence-corrected chi connectivity index (χ4v) is 2.27. The van der Waals surface area contributed by atoms with Gasteiger partial charge in [0.2, 0.25) is 5.89 Å². The maximum atomic E-state index is 10.7. The van der Waals surface area contributed by atoms with Crippen LogP contribution in [-0.4, -0.2) is 16.1 Å². The van der Waals surface area contributed by atoms with Gasteiger partial charge in [-0.2, -0.15) is 0 Å². The molecule has 0 unspecified atom stereocenters. The van der Waals surface area contributed by atoms with Gasteiger partial charge in [-0.25, -0.2) is 9.78 Å². The molecule has 2 aromatic heterocycles. The van der Waals surface area contributed by atoms with Crippen molar-refractivity contribution >= 4 is 33.2 Å². The average molecular weight is 288 g/mol. The van der Waals surface area contributed by atoms with Crippen LogP contribution in [0, 0.1) is 6.92 Å². The number of thiophene rings is 1. The number of carbonyl (C=O) groups is 1. The highest BCUT2D eigenvalue weighted by molar-refractivity contribution is 9.11. The summed E-state index contributed by atoms with van der Waals surface area (Å²) in [7, 11) is 0. The predicted molar refractivity (Wildman–Crippen MR) is 59.2 cm³/mol. The Kier molecular flexibility index (Phi) is 2.62. The van der Waals surface area contributed by atoms with Crippen molar-refractivity contribution < 1.29 is 14.3 Å². The number of carboxylic acid groups (broad SMARTS) is 1. The molecule has 6 heteroatoms. The average Bonchev–Trinajstić information content (AvgIpc) is 2.71. The van der Waals surface area contributed by atoms with Crippen LogP contribution in [0.3, 0.4) is 0 Å². The minimum Gasteiger partial charge on any atom is -0.476 e. The van der Waals surface area contributed by atoms with E-state index in [0.29, 0.717) is 11.7 Å². The highest BCUT2D eigenvalue weighted by Crippen LogP contribution is 2.29. The molecule has 0 bridgehead atoms. The maximum absolute atomic E-state index is 10.7. The second kappa shape index (κ2) is 3.79. The van der Waals surface area contributed by atoms with Crippen molar-refractivity contribution in [1.29, 1.82) is 0 Å². The van der Waals surface area contributed by atoms with Crippen molar-refractivity contribution in [2.75, 3.05) is 0 Å². The number of oxazole rings is 1. The zero-order valence-corrected chi connectivity index (χ0v) is 10.1. The van der Waals surface area contributed by atoms with E-state index >= 15 is 0 Å². The van der Waals surface area contributed by atoms with Gasteiger partial charge in [0.05, 0.1) is 3.79 Å². The van der Waals surface area contributed by atoms with Gasteiger partial charge in [0, 0.05) is 10.9 Å². The molecular weight excluding hydrogens is 282 g/mol. The van der Waals surface area contributed by atoms with E-state index in [4.69, 9.17) is 9.52 Å². The number of aromatic nitrogens is 1. The number of carboxylic acids is 1. The summed E-state index contributed by atoms with van der Waals surface area (Å²) in [4.78, 5) is 14.7. The minimum absolute atomic E-state index is 0.0349. The Hall–Kier alpha value is -1.14. The summed E-state index contributed by atoms with van der Waals surface area (Å²) >= 11 is 4.81. The summed E-state index contributed by atoms with van der Waals surface area (Å²) in [6.45, 7) is 1.58. The molecule has 4 nitrogen and oxygen atoms in total.